The summed E-state index contributed by atoms with van der Waals surface area (Å²) >= 11 is 0. The van der Waals surface area contributed by atoms with Crippen molar-refractivity contribution in [3.05, 3.63) is 65.5 Å². The summed E-state index contributed by atoms with van der Waals surface area (Å²) in [5, 5.41) is 2.92. The molecular weight excluding hydrogens is 469 g/mol. The Morgan fingerprint density at radius 2 is 1.63 bits per heavy atom. The van der Waals surface area contributed by atoms with Crippen molar-refractivity contribution in [2.45, 2.75) is 65.6 Å². The second kappa shape index (κ2) is 12.7. The quantitative estimate of drug-likeness (QED) is 0.474. The highest BCUT2D eigenvalue weighted by Crippen LogP contribution is 2.24. The average molecular weight is 506 g/mol. The molecule has 1 N–H and O–H groups in total. The van der Waals surface area contributed by atoms with E-state index in [9.17, 15) is 22.4 Å². The molecule has 0 saturated heterocycles. The zero-order valence-electron chi connectivity index (χ0n) is 21.1. The Morgan fingerprint density at radius 3 is 2.17 bits per heavy atom. The molecular formula is C26H36FN3O4S. The molecule has 35 heavy (non-hydrogen) atoms. The summed E-state index contributed by atoms with van der Waals surface area (Å²) in [6.07, 6.45) is 2.71. The van der Waals surface area contributed by atoms with Gasteiger partial charge in [0.25, 0.3) is 0 Å². The van der Waals surface area contributed by atoms with Gasteiger partial charge >= 0.3 is 0 Å². The second-order valence-electron chi connectivity index (χ2n) is 8.64. The third-order valence-electron chi connectivity index (χ3n) is 5.97. The average Bonchev–Trinajstić information content (AvgIpc) is 2.82. The number of aryl methyl sites for hydroxylation is 1. The van der Waals surface area contributed by atoms with E-state index in [-0.39, 0.29) is 18.5 Å². The highest BCUT2D eigenvalue weighted by molar-refractivity contribution is 7.92. The Labute approximate surface area is 208 Å². The highest BCUT2D eigenvalue weighted by Gasteiger charge is 2.32. The van der Waals surface area contributed by atoms with Gasteiger partial charge < -0.3 is 10.2 Å². The van der Waals surface area contributed by atoms with Gasteiger partial charge in [-0.1, -0.05) is 51.1 Å². The van der Waals surface area contributed by atoms with Gasteiger partial charge in [-0.2, -0.15) is 0 Å². The van der Waals surface area contributed by atoms with Crippen molar-refractivity contribution in [3.63, 3.8) is 0 Å². The van der Waals surface area contributed by atoms with Crippen molar-refractivity contribution in [1.82, 2.24) is 10.2 Å². The fraction of sp³-hybridized carbons (Fsp3) is 0.462. The molecule has 0 heterocycles. The number of anilines is 1. The number of hydrogen-bond acceptors (Lipinski definition) is 4. The summed E-state index contributed by atoms with van der Waals surface area (Å²) < 4.78 is 40.0. The van der Waals surface area contributed by atoms with E-state index in [1.165, 1.54) is 17.0 Å². The van der Waals surface area contributed by atoms with E-state index >= 15 is 0 Å². The van der Waals surface area contributed by atoms with Gasteiger partial charge in [-0.25, -0.2) is 12.8 Å². The lowest BCUT2D eigenvalue weighted by Crippen LogP contribution is -2.53. The molecule has 0 aliphatic rings. The van der Waals surface area contributed by atoms with Crippen LogP contribution in [-0.2, 0) is 32.6 Å². The summed E-state index contributed by atoms with van der Waals surface area (Å²) in [6, 6.07) is 11.8. The van der Waals surface area contributed by atoms with Crippen LogP contribution in [0.5, 0.6) is 0 Å². The van der Waals surface area contributed by atoms with Gasteiger partial charge in [0.1, 0.15) is 18.4 Å². The van der Waals surface area contributed by atoms with Crippen molar-refractivity contribution in [3.8, 4) is 0 Å². The zero-order valence-corrected chi connectivity index (χ0v) is 21.9. The lowest BCUT2D eigenvalue weighted by atomic mass is 10.1. The van der Waals surface area contributed by atoms with Crippen molar-refractivity contribution < 1.29 is 22.4 Å². The number of carbonyl (C=O) groups is 2. The molecule has 9 heteroatoms. The van der Waals surface area contributed by atoms with Gasteiger partial charge in [0, 0.05) is 12.6 Å². The molecule has 0 saturated carbocycles. The molecule has 2 rings (SSSR count). The maximum Gasteiger partial charge on any atom is 0.244 e. The molecule has 2 aromatic rings. The first-order chi connectivity index (χ1) is 16.5. The molecule has 0 aliphatic heterocycles. The van der Waals surface area contributed by atoms with Gasteiger partial charge in [0.15, 0.2) is 0 Å². The van der Waals surface area contributed by atoms with E-state index in [0.717, 1.165) is 22.5 Å². The Kier molecular flexibility index (Phi) is 10.2. The Morgan fingerprint density at radius 1 is 1.00 bits per heavy atom. The summed E-state index contributed by atoms with van der Waals surface area (Å²) in [5.74, 6) is -1.23. The van der Waals surface area contributed by atoms with E-state index in [1.807, 2.05) is 32.9 Å². The number of para-hydroxylation sites is 1. The van der Waals surface area contributed by atoms with Gasteiger partial charge in [-0.15, -0.1) is 0 Å². The van der Waals surface area contributed by atoms with Crippen LogP contribution in [0.25, 0.3) is 0 Å². The first kappa shape index (κ1) is 28.3. The minimum atomic E-state index is -3.80. The summed E-state index contributed by atoms with van der Waals surface area (Å²) in [6.45, 7) is 7.12. The van der Waals surface area contributed by atoms with Crippen LogP contribution in [0.3, 0.4) is 0 Å². The fourth-order valence-corrected chi connectivity index (χ4v) is 4.68. The van der Waals surface area contributed by atoms with Crippen molar-refractivity contribution in [2.24, 2.45) is 0 Å². The van der Waals surface area contributed by atoms with Crippen LogP contribution < -0.4 is 9.62 Å². The van der Waals surface area contributed by atoms with E-state index in [4.69, 9.17) is 0 Å². The third kappa shape index (κ3) is 7.78. The van der Waals surface area contributed by atoms with E-state index in [2.05, 4.69) is 5.32 Å². The van der Waals surface area contributed by atoms with E-state index < -0.39 is 34.3 Å². The Bertz CT molecular complexity index is 1110. The van der Waals surface area contributed by atoms with Gasteiger partial charge in [0.05, 0.1) is 11.9 Å². The Balaban J connectivity index is 2.46. The summed E-state index contributed by atoms with van der Waals surface area (Å²) in [7, 11) is -3.80. The number of nitrogens with zero attached hydrogens (tertiary/aromatic N) is 2. The first-order valence-corrected chi connectivity index (χ1v) is 13.8. The number of carbonyl (C=O) groups excluding carboxylic acids is 2. The minimum Gasteiger partial charge on any atom is -0.352 e. The van der Waals surface area contributed by atoms with E-state index in [1.54, 1.807) is 31.2 Å². The number of sulfonamides is 1. The smallest absolute Gasteiger partial charge is 0.244 e. The molecule has 2 aromatic carbocycles. The molecule has 2 unspecified atom stereocenters. The van der Waals surface area contributed by atoms with Crippen molar-refractivity contribution >= 4 is 27.5 Å². The van der Waals surface area contributed by atoms with Crippen LogP contribution >= 0.6 is 0 Å². The van der Waals surface area contributed by atoms with Crippen LogP contribution in [0.1, 0.15) is 51.7 Å². The fourth-order valence-electron chi connectivity index (χ4n) is 3.79. The predicted molar refractivity (Wildman–Crippen MR) is 137 cm³/mol. The van der Waals surface area contributed by atoms with Gasteiger partial charge in [-0.05, 0) is 55.5 Å². The molecule has 0 spiro atoms. The lowest BCUT2D eigenvalue weighted by Gasteiger charge is -2.33. The van der Waals surface area contributed by atoms with Crippen molar-refractivity contribution in [2.75, 3.05) is 17.1 Å². The van der Waals surface area contributed by atoms with Gasteiger partial charge in [0.2, 0.25) is 21.8 Å². The SMILES string of the molecule is CCc1ccccc1N(CC(=O)N(Cc1ccc(F)cc1)C(CC)C(=O)NC(C)CC)S(C)(=O)=O. The Hall–Kier alpha value is -2.94. The summed E-state index contributed by atoms with van der Waals surface area (Å²) in [4.78, 5) is 28.1. The maximum absolute atomic E-state index is 13.7. The molecule has 7 nitrogen and oxygen atoms in total. The van der Waals surface area contributed by atoms with Crippen LogP contribution in [0.2, 0.25) is 0 Å². The largest absolute Gasteiger partial charge is 0.352 e. The number of nitrogens with one attached hydrogen (secondary N) is 1. The van der Waals surface area contributed by atoms with Crippen LogP contribution in [0, 0.1) is 5.82 Å². The predicted octanol–water partition coefficient (Wildman–Crippen LogP) is 3.88. The number of benzene rings is 2. The van der Waals surface area contributed by atoms with Crippen LogP contribution in [0.4, 0.5) is 10.1 Å². The molecule has 0 aliphatic carbocycles. The lowest BCUT2D eigenvalue weighted by molar-refractivity contribution is -0.140. The molecule has 0 aromatic heterocycles. The normalized spacial score (nSPS) is 13.1. The minimum absolute atomic E-state index is 0.0403. The molecule has 0 bridgehead atoms. The standard InChI is InChI=1S/C26H36FN3O4S/c1-6-19(4)28-26(32)23(8-3)29(17-20-13-15-22(27)16-14-20)25(31)18-30(35(5,33)34)24-12-10-9-11-21(24)7-2/h9-16,19,23H,6-8,17-18H2,1-5H3,(H,28,32). The van der Waals surface area contributed by atoms with Crippen LogP contribution in [-0.4, -0.2) is 50.0 Å². The number of rotatable bonds is 12. The molecule has 0 radical (unpaired) electrons. The van der Waals surface area contributed by atoms with Crippen molar-refractivity contribution in [1.29, 1.82) is 0 Å². The number of amides is 2. The topological polar surface area (TPSA) is 86.8 Å². The number of hydrogen-bond donors (Lipinski definition) is 1. The van der Waals surface area contributed by atoms with E-state index in [0.29, 0.717) is 24.1 Å². The van der Waals surface area contributed by atoms with Crippen LogP contribution in [0.15, 0.2) is 48.5 Å². The summed E-state index contributed by atoms with van der Waals surface area (Å²) in [5.41, 5.74) is 1.86. The highest BCUT2D eigenvalue weighted by atomic mass is 32.2. The molecule has 0 fully saturated rings. The third-order valence-corrected chi connectivity index (χ3v) is 7.10. The molecule has 192 valence electrons. The first-order valence-electron chi connectivity index (χ1n) is 11.9. The molecule has 2 amide bonds. The number of halogens is 1. The maximum atomic E-state index is 13.7. The second-order valence-corrected chi connectivity index (χ2v) is 10.5. The molecule has 2 atom stereocenters. The zero-order chi connectivity index (χ0) is 26.2. The van der Waals surface area contributed by atoms with Gasteiger partial charge in [-0.3, -0.25) is 13.9 Å². The monoisotopic (exact) mass is 505 g/mol.